The number of hydrogen-bond donors (Lipinski definition) is 0. The lowest BCUT2D eigenvalue weighted by molar-refractivity contribution is -0.147. The number of thiazole rings is 1. The maximum Gasteiger partial charge on any atom is 0.312 e. The normalized spacial score (nSPS) is 17.5. The number of aromatic nitrogens is 1. The van der Waals surface area contributed by atoms with E-state index >= 15 is 0 Å². The predicted octanol–water partition coefficient (Wildman–Crippen LogP) is 2.76. The van der Waals surface area contributed by atoms with Crippen molar-refractivity contribution in [3.8, 4) is 0 Å². The lowest BCUT2D eigenvalue weighted by Crippen LogP contribution is -2.19. The summed E-state index contributed by atoms with van der Waals surface area (Å²) in [7, 11) is 1.46. The Kier molecular flexibility index (Phi) is 3.02. The minimum absolute atomic E-state index is 0.0752. The number of methoxy groups -OCH3 is 1. The van der Waals surface area contributed by atoms with Crippen LogP contribution in [0.2, 0.25) is 0 Å². The summed E-state index contributed by atoms with van der Waals surface area (Å²) in [5.41, 5.74) is 0.876. The number of hydrogen-bond acceptors (Lipinski definition) is 4. The molecule has 0 radical (unpaired) electrons. The van der Waals surface area contributed by atoms with Crippen molar-refractivity contribution in [2.24, 2.45) is 5.41 Å². The van der Waals surface area contributed by atoms with Crippen LogP contribution in [0, 0.1) is 5.41 Å². The van der Waals surface area contributed by atoms with Crippen molar-refractivity contribution in [2.75, 3.05) is 7.11 Å². The second-order valence-corrected chi connectivity index (χ2v) is 5.71. The molecule has 2 rings (SSSR count). The minimum Gasteiger partial charge on any atom is -0.469 e. The summed E-state index contributed by atoms with van der Waals surface area (Å²) in [6.07, 6.45) is 2.63. The zero-order valence-corrected chi connectivity index (χ0v) is 10.8. The average Bonchev–Trinajstić information content (AvgIpc) is 2.87. The molecule has 0 bridgehead atoms. The fraction of sp³-hybridized carbons (Fsp3) is 0.667. The molecule has 0 amide bonds. The Balaban J connectivity index is 2.06. The first-order valence-corrected chi connectivity index (χ1v) is 6.48. The van der Waals surface area contributed by atoms with Crippen LogP contribution >= 0.6 is 11.3 Å². The van der Waals surface area contributed by atoms with Crippen molar-refractivity contribution in [2.45, 2.75) is 39.0 Å². The van der Waals surface area contributed by atoms with Gasteiger partial charge in [0.1, 0.15) is 0 Å². The third-order valence-corrected chi connectivity index (χ3v) is 3.99. The molecule has 1 aromatic rings. The molecule has 1 aliphatic rings. The third kappa shape index (κ3) is 2.12. The van der Waals surface area contributed by atoms with Gasteiger partial charge < -0.3 is 4.74 Å². The molecule has 1 saturated carbocycles. The van der Waals surface area contributed by atoms with Crippen molar-refractivity contribution >= 4 is 17.3 Å². The van der Waals surface area contributed by atoms with E-state index in [1.54, 1.807) is 11.3 Å². The quantitative estimate of drug-likeness (QED) is 0.758. The Morgan fingerprint density at radius 2 is 2.31 bits per heavy atom. The van der Waals surface area contributed by atoms with Crippen LogP contribution in [0.1, 0.15) is 43.3 Å². The van der Waals surface area contributed by atoms with Crippen LogP contribution in [0.25, 0.3) is 0 Å². The molecule has 1 fully saturated rings. The topological polar surface area (TPSA) is 39.2 Å². The van der Waals surface area contributed by atoms with E-state index in [1.165, 1.54) is 7.11 Å². The Hall–Kier alpha value is -0.900. The zero-order chi connectivity index (χ0) is 11.8. The predicted molar refractivity (Wildman–Crippen MR) is 63.6 cm³/mol. The van der Waals surface area contributed by atoms with E-state index in [4.69, 9.17) is 4.74 Å². The van der Waals surface area contributed by atoms with Gasteiger partial charge in [-0.25, -0.2) is 4.98 Å². The lowest BCUT2D eigenvalue weighted by atomic mass is 10.0. The smallest absolute Gasteiger partial charge is 0.312 e. The molecule has 88 valence electrons. The number of ether oxygens (including phenoxy) is 1. The third-order valence-electron chi connectivity index (χ3n) is 3.12. The summed E-state index contributed by atoms with van der Waals surface area (Å²) in [6, 6.07) is 0. The highest BCUT2D eigenvalue weighted by atomic mass is 32.1. The molecule has 16 heavy (non-hydrogen) atoms. The van der Waals surface area contributed by atoms with Crippen LogP contribution in [-0.2, 0) is 16.0 Å². The number of carbonyl (C=O) groups is 1. The Morgan fingerprint density at radius 1 is 1.62 bits per heavy atom. The maximum atomic E-state index is 11.6. The maximum absolute atomic E-state index is 11.6. The van der Waals surface area contributed by atoms with Gasteiger partial charge in [-0.2, -0.15) is 0 Å². The van der Waals surface area contributed by atoms with Gasteiger partial charge in [0, 0.05) is 11.8 Å². The van der Waals surface area contributed by atoms with E-state index in [9.17, 15) is 4.79 Å². The summed E-state index contributed by atoms with van der Waals surface area (Å²) in [4.78, 5) is 16.2. The first kappa shape index (κ1) is 11.6. The van der Waals surface area contributed by atoms with Crippen molar-refractivity contribution in [3.63, 3.8) is 0 Å². The van der Waals surface area contributed by atoms with Gasteiger partial charge in [0.2, 0.25) is 0 Å². The molecule has 3 nitrogen and oxygen atoms in total. The second kappa shape index (κ2) is 4.17. The van der Waals surface area contributed by atoms with E-state index in [0.29, 0.717) is 5.92 Å². The van der Waals surface area contributed by atoms with E-state index in [2.05, 4.69) is 24.2 Å². The Bertz CT molecular complexity index is 393. The molecule has 1 aromatic heterocycles. The van der Waals surface area contributed by atoms with Crippen LogP contribution in [0.3, 0.4) is 0 Å². The van der Waals surface area contributed by atoms with Crippen LogP contribution in [0.5, 0.6) is 0 Å². The van der Waals surface area contributed by atoms with Crippen LogP contribution in [0.4, 0.5) is 0 Å². The molecule has 0 aromatic carbocycles. The van der Waals surface area contributed by atoms with Gasteiger partial charge in [-0.15, -0.1) is 11.3 Å². The van der Waals surface area contributed by atoms with E-state index in [-0.39, 0.29) is 11.4 Å². The molecule has 0 unspecified atom stereocenters. The van der Waals surface area contributed by atoms with Gasteiger partial charge in [0.25, 0.3) is 0 Å². The summed E-state index contributed by atoms with van der Waals surface area (Å²) in [5.74, 6) is 0.382. The van der Waals surface area contributed by atoms with Crippen molar-refractivity contribution in [3.05, 3.63) is 16.1 Å². The molecule has 1 aliphatic carbocycles. The standard InChI is InChI=1S/C12H17NO2S/c1-8(2)9-7-16-10(13-9)6-12(4-5-12)11(14)15-3/h7-8H,4-6H2,1-3H3. The first-order valence-electron chi connectivity index (χ1n) is 5.60. The summed E-state index contributed by atoms with van der Waals surface area (Å²) in [6.45, 7) is 4.26. The minimum atomic E-state index is -0.249. The van der Waals surface area contributed by atoms with Gasteiger partial charge in [0.05, 0.1) is 23.2 Å². The van der Waals surface area contributed by atoms with Crippen LogP contribution < -0.4 is 0 Å². The summed E-state index contributed by atoms with van der Waals surface area (Å²) in [5, 5.41) is 3.15. The number of rotatable bonds is 4. The first-order chi connectivity index (χ1) is 7.57. The van der Waals surface area contributed by atoms with E-state index in [1.807, 2.05) is 0 Å². The molecule has 0 aliphatic heterocycles. The lowest BCUT2D eigenvalue weighted by Gasteiger charge is -2.09. The molecule has 0 spiro atoms. The highest BCUT2D eigenvalue weighted by Crippen LogP contribution is 2.49. The fourth-order valence-electron chi connectivity index (χ4n) is 1.78. The molecule has 0 N–H and O–H groups in total. The highest BCUT2D eigenvalue weighted by Gasteiger charge is 2.51. The highest BCUT2D eigenvalue weighted by molar-refractivity contribution is 7.09. The van der Waals surface area contributed by atoms with Gasteiger partial charge in [0.15, 0.2) is 0 Å². The van der Waals surface area contributed by atoms with Crippen LogP contribution in [0.15, 0.2) is 5.38 Å². The van der Waals surface area contributed by atoms with Crippen molar-refractivity contribution in [1.29, 1.82) is 0 Å². The second-order valence-electron chi connectivity index (χ2n) is 4.77. The van der Waals surface area contributed by atoms with E-state index < -0.39 is 0 Å². The number of esters is 1. The van der Waals surface area contributed by atoms with Gasteiger partial charge in [-0.05, 0) is 18.8 Å². The van der Waals surface area contributed by atoms with E-state index in [0.717, 1.165) is 30.0 Å². The molecule has 0 atom stereocenters. The van der Waals surface area contributed by atoms with Gasteiger partial charge in [-0.3, -0.25) is 4.79 Å². The zero-order valence-electron chi connectivity index (χ0n) is 9.95. The van der Waals surface area contributed by atoms with Gasteiger partial charge >= 0.3 is 5.97 Å². The molecule has 1 heterocycles. The molecular formula is C12H17NO2S. The number of nitrogens with zero attached hydrogens (tertiary/aromatic N) is 1. The Labute approximate surface area is 99.8 Å². The van der Waals surface area contributed by atoms with Gasteiger partial charge in [-0.1, -0.05) is 13.8 Å². The molecule has 0 saturated heterocycles. The SMILES string of the molecule is COC(=O)C1(Cc2nc(C(C)C)cs2)CC1. The summed E-state index contributed by atoms with van der Waals surface area (Å²) >= 11 is 1.65. The van der Waals surface area contributed by atoms with Crippen LogP contribution in [-0.4, -0.2) is 18.1 Å². The average molecular weight is 239 g/mol. The fourth-order valence-corrected chi connectivity index (χ4v) is 2.88. The monoisotopic (exact) mass is 239 g/mol. The largest absolute Gasteiger partial charge is 0.469 e. The molecule has 4 heteroatoms. The number of carbonyl (C=O) groups excluding carboxylic acids is 1. The van der Waals surface area contributed by atoms with Crippen molar-refractivity contribution < 1.29 is 9.53 Å². The van der Waals surface area contributed by atoms with Crippen molar-refractivity contribution in [1.82, 2.24) is 4.98 Å². The summed E-state index contributed by atoms with van der Waals surface area (Å²) < 4.78 is 4.84. The molecular weight excluding hydrogens is 222 g/mol. The Morgan fingerprint density at radius 3 is 2.75 bits per heavy atom.